The smallest absolute Gasteiger partial charge is 0.190 e. The van der Waals surface area contributed by atoms with Crippen molar-refractivity contribution in [3.8, 4) is 0 Å². The van der Waals surface area contributed by atoms with E-state index in [0.29, 0.717) is 0 Å². The predicted molar refractivity (Wildman–Crippen MR) is 57.2 cm³/mol. The molecule has 0 radical (unpaired) electrons. The van der Waals surface area contributed by atoms with Crippen LogP contribution in [0.2, 0.25) is 0 Å². The molecule has 2 heterocycles. The third kappa shape index (κ3) is 2.21. The van der Waals surface area contributed by atoms with Gasteiger partial charge in [0.25, 0.3) is 0 Å². The summed E-state index contributed by atoms with van der Waals surface area (Å²) in [5, 5.41) is 19.4. The summed E-state index contributed by atoms with van der Waals surface area (Å²) in [5.74, 6) is -0.755. The van der Waals surface area contributed by atoms with Gasteiger partial charge in [0.15, 0.2) is 12.1 Å². The molecule has 2 aliphatic heterocycles. The van der Waals surface area contributed by atoms with E-state index in [9.17, 15) is 5.11 Å². The summed E-state index contributed by atoms with van der Waals surface area (Å²) in [7, 11) is 1.52. The Balaban J connectivity index is 2.14. The first-order chi connectivity index (χ1) is 7.94. The average molecular weight is 248 g/mol. The Kier molecular flexibility index (Phi) is 3.46. The maximum atomic E-state index is 10.3. The minimum absolute atomic E-state index is 0.0940. The second kappa shape index (κ2) is 4.46. The van der Waals surface area contributed by atoms with Crippen molar-refractivity contribution in [2.45, 2.75) is 50.2 Å². The number of fused-ring (bicyclic) bond motifs is 1. The van der Waals surface area contributed by atoms with E-state index < -0.39 is 29.9 Å². The molecule has 6 nitrogen and oxygen atoms in total. The molecule has 0 saturated carbocycles. The molecule has 6 heteroatoms. The summed E-state index contributed by atoms with van der Waals surface area (Å²) in [6, 6.07) is 0. The lowest BCUT2D eigenvalue weighted by Gasteiger charge is -2.33. The van der Waals surface area contributed by atoms with Gasteiger partial charge in [-0.25, -0.2) is 0 Å². The monoisotopic (exact) mass is 248 g/mol. The van der Waals surface area contributed by atoms with Crippen molar-refractivity contribution < 1.29 is 29.2 Å². The molecule has 1 unspecified atom stereocenters. The van der Waals surface area contributed by atoms with Crippen LogP contribution >= 0.6 is 0 Å². The normalized spacial score (nSPS) is 43.9. The highest BCUT2D eigenvalue weighted by Gasteiger charge is 2.61. The van der Waals surface area contributed by atoms with Crippen molar-refractivity contribution in [2.75, 3.05) is 20.3 Å². The summed E-state index contributed by atoms with van der Waals surface area (Å²) in [4.78, 5) is 0. The Morgan fingerprint density at radius 2 is 1.94 bits per heavy atom. The quantitative estimate of drug-likeness (QED) is 0.706. The van der Waals surface area contributed by atoms with Crippen LogP contribution in [0.3, 0.4) is 0 Å². The van der Waals surface area contributed by atoms with Crippen LogP contribution in [0.25, 0.3) is 0 Å². The van der Waals surface area contributed by atoms with E-state index in [1.165, 1.54) is 7.11 Å². The van der Waals surface area contributed by atoms with E-state index in [2.05, 4.69) is 0 Å². The Bertz CT molecular complexity index is 273. The number of ether oxygens (including phenoxy) is 4. The highest BCUT2D eigenvalue weighted by atomic mass is 16.8. The van der Waals surface area contributed by atoms with Crippen molar-refractivity contribution in [1.82, 2.24) is 0 Å². The largest absolute Gasteiger partial charge is 0.396 e. The molecule has 0 amide bonds. The van der Waals surface area contributed by atoms with Gasteiger partial charge in [0.1, 0.15) is 17.8 Å². The Labute approximate surface area is 100 Å². The van der Waals surface area contributed by atoms with E-state index in [4.69, 9.17) is 24.1 Å². The second-order valence-electron chi connectivity index (χ2n) is 5.00. The van der Waals surface area contributed by atoms with Gasteiger partial charge >= 0.3 is 0 Å². The highest BCUT2D eigenvalue weighted by Crippen LogP contribution is 2.43. The number of hydrogen-bond acceptors (Lipinski definition) is 6. The zero-order valence-electron chi connectivity index (χ0n) is 10.4. The maximum Gasteiger partial charge on any atom is 0.190 e. The van der Waals surface area contributed by atoms with Crippen molar-refractivity contribution in [3.05, 3.63) is 0 Å². The van der Waals surface area contributed by atoms with Crippen LogP contribution in [0.1, 0.15) is 20.3 Å². The first-order valence-corrected chi connectivity index (χ1v) is 5.75. The molecule has 0 spiro atoms. The van der Waals surface area contributed by atoms with E-state index in [-0.39, 0.29) is 19.6 Å². The first kappa shape index (κ1) is 13.2. The Morgan fingerprint density at radius 3 is 2.47 bits per heavy atom. The summed E-state index contributed by atoms with van der Waals surface area (Å²) < 4.78 is 21.9. The van der Waals surface area contributed by atoms with Crippen molar-refractivity contribution in [1.29, 1.82) is 0 Å². The van der Waals surface area contributed by atoms with Gasteiger partial charge in [-0.15, -0.1) is 0 Å². The van der Waals surface area contributed by atoms with Crippen molar-refractivity contribution >= 4 is 0 Å². The zero-order valence-corrected chi connectivity index (χ0v) is 10.4. The molecule has 2 rings (SSSR count). The number of aliphatic hydroxyl groups excluding tert-OH is 2. The average Bonchev–Trinajstić information content (AvgIpc) is 2.63. The van der Waals surface area contributed by atoms with Crippen LogP contribution in [0.4, 0.5) is 0 Å². The fourth-order valence-electron chi connectivity index (χ4n) is 2.49. The molecule has 100 valence electrons. The maximum absolute atomic E-state index is 10.3. The fraction of sp³-hybridized carbons (Fsp3) is 1.00. The van der Waals surface area contributed by atoms with Crippen LogP contribution in [0.5, 0.6) is 0 Å². The number of aliphatic hydroxyl groups is 2. The minimum Gasteiger partial charge on any atom is -0.396 e. The zero-order chi connectivity index (χ0) is 12.7. The number of hydrogen-bond donors (Lipinski definition) is 2. The van der Waals surface area contributed by atoms with Gasteiger partial charge in [-0.1, -0.05) is 0 Å². The first-order valence-electron chi connectivity index (χ1n) is 5.75. The van der Waals surface area contributed by atoms with Gasteiger partial charge in [0, 0.05) is 20.1 Å². The standard InChI is InChI=1S/C11H20O6/c1-10(2)15-7-8(13)11(4-5-12,6-14-3)17-9(7)16-10/h7-9,12-13H,4-6H2,1-3H3/t7?,8-,9-,11+/m1/s1. The van der Waals surface area contributed by atoms with Crippen LogP contribution < -0.4 is 0 Å². The highest BCUT2D eigenvalue weighted by molar-refractivity contribution is 5.03. The van der Waals surface area contributed by atoms with Gasteiger partial charge in [0.2, 0.25) is 0 Å². The summed E-state index contributed by atoms with van der Waals surface area (Å²) in [6.07, 6.45) is -1.74. The third-order valence-electron chi connectivity index (χ3n) is 3.21. The lowest BCUT2D eigenvalue weighted by atomic mass is 9.93. The molecule has 2 N–H and O–H groups in total. The number of methoxy groups -OCH3 is 1. The fourth-order valence-corrected chi connectivity index (χ4v) is 2.49. The summed E-state index contributed by atoms with van der Waals surface area (Å²) in [5.41, 5.74) is -0.949. The van der Waals surface area contributed by atoms with Gasteiger partial charge in [-0.3, -0.25) is 0 Å². The molecule has 0 bridgehead atoms. The van der Waals surface area contributed by atoms with Crippen molar-refractivity contribution in [2.24, 2.45) is 0 Å². The summed E-state index contributed by atoms with van der Waals surface area (Å²) in [6.45, 7) is 3.63. The van der Waals surface area contributed by atoms with E-state index in [1.807, 2.05) is 0 Å². The Hall–Kier alpha value is -0.240. The van der Waals surface area contributed by atoms with Crippen molar-refractivity contribution in [3.63, 3.8) is 0 Å². The van der Waals surface area contributed by atoms with Gasteiger partial charge in [-0.2, -0.15) is 0 Å². The topological polar surface area (TPSA) is 77.4 Å². The van der Waals surface area contributed by atoms with Crippen LogP contribution in [-0.2, 0) is 18.9 Å². The lowest BCUT2D eigenvalue weighted by molar-refractivity contribution is -0.249. The van der Waals surface area contributed by atoms with E-state index in [1.54, 1.807) is 13.8 Å². The molecular weight excluding hydrogens is 228 g/mol. The van der Waals surface area contributed by atoms with Crippen LogP contribution in [0, 0.1) is 0 Å². The number of rotatable bonds is 4. The van der Waals surface area contributed by atoms with E-state index >= 15 is 0 Å². The molecule has 2 aliphatic rings. The molecule has 0 aromatic rings. The molecule has 4 atom stereocenters. The molecule has 0 aromatic heterocycles. The molecule has 17 heavy (non-hydrogen) atoms. The molecule has 2 saturated heterocycles. The molecular formula is C11H20O6. The second-order valence-corrected chi connectivity index (χ2v) is 5.00. The third-order valence-corrected chi connectivity index (χ3v) is 3.21. The minimum atomic E-state index is -0.949. The lowest BCUT2D eigenvalue weighted by Crippen LogP contribution is -2.49. The molecule has 0 aromatic carbocycles. The van der Waals surface area contributed by atoms with Gasteiger partial charge < -0.3 is 29.2 Å². The molecule has 2 fully saturated rings. The summed E-state index contributed by atoms with van der Waals surface area (Å²) >= 11 is 0. The van der Waals surface area contributed by atoms with Gasteiger partial charge in [0.05, 0.1) is 6.61 Å². The van der Waals surface area contributed by atoms with Crippen LogP contribution in [0.15, 0.2) is 0 Å². The SMILES string of the molecule is COC[C@]1(CCO)O[C@H]2OC(C)(C)OC2[C@H]1O. The van der Waals surface area contributed by atoms with Gasteiger partial charge in [-0.05, 0) is 13.8 Å². The predicted octanol–water partition coefficient (Wildman–Crippen LogP) is -0.377. The van der Waals surface area contributed by atoms with E-state index in [0.717, 1.165) is 0 Å². The molecule has 0 aliphatic carbocycles. The Morgan fingerprint density at radius 1 is 1.24 bits per heavy atom. The van der Waals surface area contributed by atoms with Crippen LogP contribution in [-0.4, -0.2) is 60.4 Å².